The highest BCUT2D eigenvalue weighted by molar-refractivity contribution is 7.46. The molecule has 0 aromatic heterocycles. The number of esters is 2. The van der Waals surface area contributed by atoms with Crippen molar-refractivity contribution in [3.63, 3.8) is 0 Å². The van der Waals surface area contributed by atoms with Gasteiger partial charge in [0.15, 0.2) is 6.10 Å². The molecule has 0 spiro atoms. The van der Waals surface area contributed by atoms with Gasteiger partial charge in [0.25, 0.3) is 0 Å². The second-order valence-corrected chi connectivity index (χ2v) is 14.1. The normalized spacial score (nSPS) is 12.5. The molecule has 0 saturated heterocycles. The molecule has 46 heavy (non-hydrogen) atoms. The van der Waals surface area contributed by atoms with Gasteiger partial charge in [0.05, 0.1) is 6.61 Å². The number of carbonyl (C=O) groups excluding carboxylic acids is 2. The molecule has 9 heteroatoms. The summed E-state index contributed by atoms with van der Waals surface area (Å²) in [5.41, 5.74) is 0. The number of rotatable bonds is 35. The fraction of sp³-hybridized carbons (Fsp3) is 0.892. The quantitative estimate of drug-likeness (QED) is 0.0295. The van der Waals surface area contributed by atoms with E-state index in [1.165, 1.54) is 103 Å². The highest BCUT2D eigenvalue weighted by Gasteiger charge is 2.22. The summed E-state index contributed by atoms with van der Waals surface area (Å²) < 4.78 is 26.3. The standard InChI is InChI=1S/C37H71O8P/c1-3-5-7-9-11-13-15-17-18-19-20-22-24-26-28-30-32-37(39)45-35(34-44-46(40,41)42)33-43-36(38)31-29-27-25-23-21-16-14-12-10-8-6-4-2/h12,14,35H,3-11,13,15-34H2,1-2H3,(H2,40,41,42)/b14-12+/t35-/m1/s1. The predicted octanol–water partition coefficient (Wildman–Crippen LogP) is 11.1. The summed E-state index contributed by atoms with van der Waals surface area (Å²) in [6.45, 7) is 3.66. The van der Waals surface area contributed by atoms with Crippen molar-refractivity contribution in [1.82, 2.24) is 0 Å². The number of allylic oxidation sites excluding steroid dienone is 2. The van der Waals surface area contributed by atoms with Gasteiger partial charge >= 0.3 is 19.8 Å². The molecular weight excluding hydrogens is 603 g/mol. The van der Waals surface area contributed by atoms with Crippen molar-refractivity contribution in [1.29, 1.82) is 0 Å². The van der Waals surface area contributed by atoms with Crippen molar-refractivity contribution >= 4 is 19.8 Å². The van der Waals surface area contributed by atoms with Gasteiger partial charge < -0.3 is 19.3 Å². The fourth-order valence-corrected chi connectivity index (χ4v) is 5.79. The second kappa shape index (κ2) is 33.7. The van der Waals surface area contributed by atoms with Crippen LogP contribution in [-0.2, 0) is 28.2 Å². The van der Waals surface area contributed by atoms with Crippen LogP contribution in [0.15, 0.2) is 12.2 Å². The Morgan fingerprint density at radius 1 is 0.543 bits per heavy atom. The zero-order valence-corrected chi connectivity index (χ0v) is 30.6. The number of phosphoric ester groups is 1. The van der Waals surface area contributed by atoms with Gasteiger partial charge in [-0.25, -0.2) is 4.57 Å². The van der Waals surface area contributed by atoms with Crippen LogP contribution < -0.4 is 0 Å². The Morgan fingerprint density at radius 3 is 1.37 bits per heavy atom. The van der Waals surface area contributed by atoms with E-state index in [2.05, 4.69) is 30.5 Å². The lowest BCUT2D eigenvalue weighted by atomic mass is 10.0. The smallest absolute Gasteiger partial charge is 0.462 e. The molecule has 0 aliphatic carbocycles. The van der Waals surface area contributed by atoms with Gasteiger partial charge in [0, 0.05) is 12.8 Å². The largest absolute Gasteiger partial charge is 0.469 e. The van der Waals surface area contributed by atoms with Crippen molar-refractivity contribution in [2.45, 2.75) is 200 Å². The molecule has 8 nitrogen and oxygen atoms in total. The van der Waals surface area contributed by atoms with Gasteiger partial charge in [-0.2, -0.15) is 0 Å². The summed E-state index contributed by atoms with van der Waals surface area (Å²) in [5.74, 6) is -0.887. The van der Waals surface area contributed by atoms with E-state index >= 15 is 0 Å². The molecule has 0 amide bonds. The third-order valence-corrected chi connectivity index (χ3v) is 8.77. The summed E-state index contributed by atoms with van der Waals surface area (Å²) >= 11 is 0. The van der Waals surface area contributed by atoms with Gasteiger partial charge in [-0.1, -0.05) is 154 Å². The highest BCUT2D eigenvalue weighted by atomic mass is 31.2. The molecule has 0 bridgehead atoms. The zero-order chi connectivity index (χ0) is 34.0. The van der Waals surface area contributed by atoms with Gasteiger partial charge in [-0.05, 0) is 38.5 Å². The van der Waals surface area contributed by atoms with Gasteiger partial charge in [0.2, 0.25) is 0 Å². The minimum atomic E-state index is -4.74. The van der Waals surface area contributed by atoms with Gasteiger partial charge in [-0.15, -0.1) is 0 Å². The average molecular weight is 675 g/mol. The first kappa shape index (κ1) is 44.8. The first-order chi connectivity index (χ1) is 22.3. The molecule has 1 atom stereocenters. The summed E-state index contributed by atoms with van der Waals surface area (Å²) in [7, 11) is -4.74. The molecule has 0 aliphatic rings. The zero-order valence-electron chi connectivity index (χ0n) is 29.7. The lowest BCUT2D eigenvalue weighted by Gasteiger charge is -2.18. The Morgan fingerprint density at radius 2 is 0.913 bits per heavy atom. The minimum Gasteiger partial charge on any atom is -0.462 e. The van der Waals surface area contributed by atoms with Gasteiger partial charge in [0.1, 0.15) is 6.61 Å². The van der Waals surface area contributed by atoms with Crippen LogP contribution in [0, 0.1) is 0 Å². The van der Waals surface area contributed by atoms with Gasteiger partial charge in [-0.3, -0.25) is 14.1 Å². The summed E-state index contributed by atoms with van der Waals surface area (Å²) in [6, 6.07) is 0. The van der Waals surface area contributed by atoms with E-state index in [4.69, 9.17) is 19.3 Å². The summed E-state index contributed by atoms with van der Waals surface area (Å²) in [5, 5.41) is 0. The molecular formula is C37H71O8P. The first-order valence-electron chi connectivity index (χ1n) is 19.0. The first-order valence-corrected chi connectivity index (χ1v) is 20.5. The van der Waals surface area contributed by atoms with E-state index in [1.807, 2.05) is 0 Å². The Balaban J connectivity index is 3.93. The van der Waals surface area contributed by atoms with Crippen molar-refractivity contribution < 1.29 is 37.9 Å². The van der Waals surface area contributed by atoms with E-state index < -0.39 is 32.5 Å². The molecule has 0 radical (unpaired) electrons. The average Bonchev–Trinajstić information content (AvgIpc) is 3.02. The van der Waals surface area contributed by atoms with Crippen molar-refractivity contribution in [2.75, 3.05) is 13.2 Å². The molecule has 272 valence electrons. The summed E-state index contributed by atoms with van der Waals surface area (Å²) in [4.78, 5) is 42.6. The van der Waals surface area contributed by atoms with E-state index in [1.54, 1.807) is 0 Å². The number of hydrogen-bond donors (Lipinski definition) is 2. The van der Waals surface area contributed by atoms with Crippen LogP contribution >= 0.6 is 7.82 Å². The highest BCUT2D eigenvalue weighted by Crippen LogP contribution is 2.36. The van der Waals surface area contributed by atoms with E-state index in [-0.39, 0.29) is 19.4 Å². The van der Waals surface area contributed by atoms with Crippen LogP contribution in [0.1, 0.15) is 194 Å². The monoisotopic (exact) mass is 674 g/mol. The minimum absolute atomic E-state index is 0.216. The molecule has 0 aromatic carbocycles. The van der Waals surface area contributed by atoms with E-state index in [0.717, 1.165) is 51.4 Å². The molecule has 0 heterocycles. The molecule has 0 aromatic rings. The maximum atomic E-state index is 12.4. The fourth-order valence-electron chi connectivity index (χ4n) is 5.43. The maximum Gasteiger partial charge on any atom is 0.469 e. The Kier molecular flexibility index (Phi) is 32.8. The van der Waals surface area contributed by atoms with Crippen molar-refractivity contribution in [3.8, 4) is 0 Å². The van der Waals surface area contributed by atoms with E-state index in [0.29, 0.717) is 12.8 Å². The number of hydrogen-bond acceptors (Lipinski definition) is 6. The summed E-state index contributed by atoms with van der Waals surface area (Å²) in [6.07, 6.45) is 35.0. The van der Waals surface area contributed by atoms with Crippen LogP contribution in [-0.4, -0.2) is 41.0 Å². The predicted molar refractivity (Wildman–Crippen MR) is 189 cm³/mol. The van der Waals surface area contributed by atoms with Crippen LogP contribution in [0.2, 0.25) is 0 Å². The Hall–Kier alpha value is -1.21. The SMILES string of the molecule is CCCCC/C=C/CCCCCCCC(=O)OC[C@H](COP(=O)(O)O)OC(=O)CCCCCCCCCCCCCCCCCC. The molecule has 0 rings (SSSR count). The topological polar surface area (TPSA) is 119 Å². The molecule has 0 fully saturated rings. The Bertz CT molecular complexity index is 766. The third-order valence-electron chi connectivity index (χ3n) is 8.28. The molecule has 0 unspecified atom stereocenters. The van der Waals surface area contributed by atoms with Crippen LogP contribution in [0.25, 0.3) is 0 Å². The lowest BCUT2D eigenvalue weighted by molar-refractivity contribution is -0.161. The number of carbonyl (C=O) groups is 2. The number of phosphoric acid groups is 1. The van der Waals surface area contributed by atoms with Crippen molar-refractivity contribution in [3.05, 3.63) is 12.2 Å². The maximum absolute atomic E-state index is 12.4. The second-order valence-electron chi connectivity index (χ2n) is 12.9. The van der Waals surface area contributed by atoms with Crippen LogP contribution in [0.4, 0.5) is 0 Å². The van der Waals surface area contributed by atoms with E-state index in [9.17, 15) is 14.2 Å². The van der Waals surface area contributed by atoms with Crippen LogP contribution in [0.3, 0.4) is 0 Å². The number of ether oxygens (including phenoxy) is 2. The Labute approximate surface area is 282 Å². The van der Waals surface area contributed by atoms with Crippen molar-refractivity contribution in [2.24, 2.45) is 0 Å². The third kappa shape index (κ3) is 35.6. The lowest BCUT2D eigenvalue weighted by Crippen LogP contribution is -2.29. The number of unbranched alkanes of at least 4 members (excludes halogenated alkanes) is 23. The molecule has 0 saturated carbocycles. The van der Waals surface area contributed by atoms with Crippen LogP contribution in [0.5, 0.6) is 0 Å². The molecule has 2 N–H and O–H groups in total. The molecule has 0 aliphatic heterocycles.